The van der Waals surface area contributed by atoms with Crippen molar-refractivity contribution in [2.24, 2.45) is 0 Å². The number of anilines is 3. The Morgan fingerprint density at radius 3 is 2.90 bits per heavy atom. The van der Waals surface area contributed by atoms with Gasteiger partial charge in [-0.15, -0.1) is 0 Å². The normalized spacial score (nSPS) is 19.3. The third kappa shape index (κ3) is 3.28. The molecule has 0 aromatic carbocycles. The number of alkyl halides is 1. The number of nitrogens with one attached hydrogen (secondary N) is 4. The molecule has 29 heavy (non-hydrogen) atoms. The number of aromatic nitrogens is 6. The molecule has 0 amide bonds. The van der Waals surface area contributed by atoms with Crippen LogP contribution in [0, 0.1) is 0 Å². The van der Waals surface area contributed by atoms with E-state index in [1.165, 1.54) is 0 Å². The number of aromatic amines is 2. The molecule has 1 aliphatic carbocycles. The summed E-state index contributed by atoms with van der Waals surface area (Å²) in [5.74, 6) is 1.62. The van der Waals surface area contributed by atoms with Crippen LogP contribution in [0.1, 0.15) is 42.1 Å². The molecule has 148 valence electrons. The van der Waals surface area contributed by atoms with Crippen molar-refractivity contribution in [3.05, 3.63) is 53.6 Å². The van der Waals surface area contributed by atoms with Crippen molar-refractivity contribution in [3.63, 3.8) is 0 Å². The lowest BCUT2D eigenvalue weighted by molar-refractivity contribution is 0.466. The quantitative estimate of drug-likeness (QED) is 0.397. The molecule has 4 N–H and O–H groups in total. The molecule has 0 spiro atoms. The number of H-pyrrole nitrogens is 2. The highest BCUT2D eigenvalue weighted by Gasteiger charge is 2.40. The Hall–Kier alpha value is -3.49. The fourth-order valence-electron chi connectivity index (χ4n) is 3.48. The van der Waals surface area contributed by atoms with Gasteiger partial charge in [-0.1, -0.05) is 6.92 Å². The van der Waals surface area contributed by atoms with Crippen LogP contribution in [0.25, 0.3) is 11.0 Å². The molecule has 5 rings (SSSR count). The van der Waals surface area contributed by atoms with E-state index < -0.39 is 6.17 Å². The van der Waals surface area contributed by atoms with Gasteiger partial charge in [-0.25, -0.2) is 9.37 Å². The highest BCUT2D eigenvalue weighted by molar-refractivity contribution is 5.75. The lowest BCUT2D eigenvalue weighted by Gasteiger charge is -2.16. The Balaban J connectivity index is 1.48. The van der Waals surface area contributed by atoms with Crippen LogP contribution in [0.4, 0.5) is 22.0 Å². The van der Waals surface area contributed by atoms with E-state index in [4.69, 9.17) is 4.98 Å². The fraction of sp³-hybridized carbons (Fsp3) is 0.300. The van der Waals surface area contributed by atoms with E-state index in [9.17, 15) is 4.39 Å². The van der Waals surface area contributed by atoms with Crippen molar-refractivity contribution in [1.82, 2.24) is 30.1 Å². The molecule has 1 fully saturated rings. The maximum absolute atomic E-state index is 13.3. The van der Waals surface area contributed by atoms with Crippen molar-refractivity contribution >= 4 is 28.6 Å². The lowest BCUT2D eigenvalue weighted by Crippen LogP contribution is -2.08. The number of nitrogens with zero attached hydrogens (tertiary/aromatic N) is 4. The molecule has 9 heteroatoms. The van der Waals surface area contributed by atoms with Crippen LogP contribution < -0.4 is 10.6 Å². The number of halogens is 1. The number of hydrogen-bond donors (Lipinski definition) is 4. The van der Waals surface area contributed by atoms with Gasteiger partial charge in [0.15, 0.2) is 5.82 Å². The third-order valence-corrected chi connectivity index (χ3v) is 5.33. The fourth-order valence-corrected chi connectivity index (χ4v) is 3.48. The smallest absolute Gasteiger partial charge is 0.224 e. The Labute approximate surface area is 166 Å². The summed E-state index contributed by atoms with van der Waals surface area (Å²) in [4.78, 5) is 16.9. The molecule has 1 aliphatic rings. The van der Waals surface area contributed by atoms with E-state index in [1.807, 2.05) is 30.5 Å². The van der Waals surface area contributed by atoms with Crippen LogP contribution in [-0.2, 0) is 0 Å². The minimum Gasteiger partial charge on any atom is -0.360 e. The molecule has 4 aromatic heterocycles. The van der Waals surface area contributed by atoms with Crippen LogP contribution in [0.5, 0.6) is 0 Å². The van der Waals surface area contributed by atoms with Crippen LogP contribution in [0.3, 0.4) is 0 Å². The molecule has 0 saturated heterocycles. The molecule has 0 aliphatic heterocycles. The predicted octanol–water partition coefficient (Wildman–Crippen LogP) is 3.84. The van der Waals surface area contributed by atoms with Gasteiger partial charge in [0.2, 0.25) is 5.95 Å². The summed E-state index contributed by atoms with van der Waals surface area (Å²) in [7, 11) is 1.77. The van der Waals surface area contributed by atoms with Gasteiger partial charge in [0, 0.05) is 54.3 Å². The van der Waals surface area contributed by atoms with Crippen molar-refractivity contribution in [3.8, 4) is 0 Å². The maximum Gasteiger partial charge on any atom is 0.224 e. The van der Waals surface area contributed by atoms with Crippen LogP contribution in [0.2, 0.25) is 0 Å². The Bertz CT molecular complexity index is 1170. The summed E-state index contributed by atoms with van der Waals surface area (Å²) in [5.41, 5.74) is 4.53. The van der Waals surface area contributed by atoms with E-state index >= 15 is 0 Å². The first-order valence-electron chi connectivity index (χ1n) is 9.57. The monoisotopic (exact) mass is 392 g/mol. The summed E-state index contributed by atoms with van der Waals surface area (Å²) in [6.45, 7) is 2.07. The van der Waals surface area contributed by atoms with E-state index in [2.05, 4.69) is 42.7 Å². The zero-order chi connectivity index (χ0) is 20.0. The minimum atomic E-state index is -0.775. The van der Waals surface area contributed by atoms with Gasteiger partial charge in [-0.05, 0) is 24.6 Å². The molecule has 1 unspecified atom stereocenters. The van der Waals surface area contributed by atoms with Crippen molar-refractivity contribution in [1.29, 1.82) is 0 Å². The van der Waals surface area contributed by atoms with E-state index in [1.54, 1.807) is 13.2 Å². The average Bonchev–Trinajstić information content (AvgIpc) is 3.12. The Morgan fingerprint density at radius 2 is 2.10 bits per heavy atom. The molecule has 4 aromatic rings. The molecule has 0 radical (unpaired) electrons. The third-order valence-electron chi connectivity index (χ3n) is 5.33. The molecule has 4 heterocycles. The van der Waals surface area contributed by atoms with E-state index in [0.717, 1.165) is 28.0 Å². The van der Waals surface area contributed by atoms with Crippen molar-refractivity contribution < 1.29 is 4.39 Å². The predicted molar refractivity (Wildman–Crippen MR) is 109 cm³/mol. The molecule has 1 saturated carbocycles. The number of hydrogen-bond acceptors (Lipinski definition) is 6. The highest BCUT2D eigenvalue weighted by Crippen LogP contribution is 2.43. The topological polar surface area (TPSA) is 107 Å². The summed E-state index contributed by atoms with van der Waals surface area (Å²) in [6.07, 6.45) is 3.44. The van der Waals surface area contributed by atoms with Gasteiger partial charge in [-0.3, -0.25) is 10.1 Å². The van der Waals surface area contributed by atoms with Gasteiger partial charge < -0.3 is 15.6 Å². The average molecular weight is 392 g/mol. The van der Waals surface area contributed by atoms with Gasteiger partial charge in [0.25, 0.3) is 0 Å². The molecular weight excluding hydrogens is 371 g/mol. The SMILES string of the molecule is CNc1ncc(C(C)c2ccc3[nH]ccc3n2)c(Nc2cc([C@H]3C[C@H]3F)[nH]n2)n1. The number of fused-ring (bicyclic) bond motifs is 1. The summed E-state index contributed by atoms with van der Waals surface area (Å²) >= 11 is 0. The van der Waals surface area contributed by atoms with Crippen LogP contribution in [0.15, 0.2) is 36.7 Å². The first-order valence-corrected chi connectivity index (χ1v) is 9.57. The Morgan fingerprint density at radius 1 is 1.24 bits per heavy atom. The number of pyridine rings is 1. The summed E-state index contributed by atoms with van der Waals surface area (Å²) < 4.78 is 13.3. The first-order chi connectivity index (χ1) is 14.1. The minimum absolute atomic E-state index is 0.0419. The van der Waals surface area contributed by atoms with Gasteiger partial charge in [0.1, 0.15) is 12.0 Å². The molecule has 8 nitrogen and oxygen atoms in total. The summed E-state index contributed by atoms with van der Waals surface area (Å²) in [5, 5.41) is 13.4. The van der Waals surface area contributed by atoms with Crippen molar-refractivity contribution in [2.45, 2.75) is 31.4 Å². The standard InChI is InChI=1S/C20H21FN8/c1-10(14-3-4-15-16(25-14)5-6-23-15)12-9-24-20(22-2)27-19(12)26-18-8-17(28-29-18)11-7-13(11)21/h3-6,8-11,13,23H,7H2,1-2H3,(H3,22,24,26,27,28,29)/t10?,11-,13+/m0/s1. The highest BCUT2D eigenvalue weighted by atomic mass is 19.1. The molecular formula is C20H21FN8. The second kappa shape index (κ2) is 6.84. The Kier molecular flexibility index (Phi) is 4.15. The summed E-state index contributed by atoms with van der Waals surface area (Å²) in [6, 6.07) is 7.81. The maximum atomic E-state index is 13.3. The molecule has 3 atom stereocenters. The first kappa shape index (κ1) is 17.6. The zero-order valence-electron chi connectivity index (χ0n) is 16.1. The second-order valence-corrected chi connectivity index (χ2v) is 7.31. The van der Waals surface area contributed by atoms with E-state index in [-0.39, 0.29) is 11.8 Å². The lowest BCUT2D eigenvalue weighted by atomic mass is 9.98. The van der Waals surface area contributed by atoms with Crippen LogP contribution >= 0.6 is 0 Å². The van der Waals surface area contributed by atoms with Gasteiger partial charge in [-0.2, -0.15) is 10.1 Å². The molecule has 0 bridgehead atoms. The number of rotatable bonds is 6. The zero-order valence-corrected chi connectivity index (χ0v) is 16.1. The van der Waals surface area contributed by atoms with Gasteiger partial charge in [0.05, 0.1) is 11.0 Å². The largest absolute Gasteiger partial charge is 0.360 e. The van der Waals surface area contributed by atoms with Gasteiger partial charge >= 0.3 is 0 Å². The van der Waals surface area contributed by atoms with Crippen molar-refractivity contribution in [2.75, 3.05) is 17.7 Å². The second-order valence-electron chi connectivity index (χ2n) is 7.31. The van der Waals surface area contributed by atoms with E-state index in [0.29, 0.717) is 24.0 Å². The van der Waals surface area contributed by atoms with Crippen LogP contribution in [-0.4, -0.2) is 43.4 Å².